The molecule has 2 aromatic carbocycles. The number of nitrogens with one attached hydrogen (secondary N) is 1. The summed E-state index contributed by atoms with van der Waals surface area (Å²) >= 11 is 6.12. The van der Waals surface area contributed by atoms with Crippen molar-refractivity contribution < 1.29 is 23.9 Å². The zero-order chi connectivity index (χ0) is 21.4. The molecule has 0 atom stereocenters. The van der Waals surface area contributed by atoms with Crippen molar-refractivity contribution in [3.8, 4) is 11.3 Å². The van der Waals surface area contributed by atoms with Crippen molar-refractivity contribution >= 4 is 41.1 Å². The van der Waals surface area contributed by atoms with Crippen LogP contribution in [0.1, 0.15) is 21.7 Å². The van der Waals surface area contributed by atoms with Crippen LogP contribution in [-0.4, -0.2) is 22.9 Å². The van der Waals surface area contributed by atoms with E-state index in [0.29, 0.717) is 22.0 Å². The summed E-state index contributed by atoms with van der Waals surface area (Å²) in [5.74, 6) is -1.45. The Balaban J connectivity index is 1.62. The van der Waals surface area contributed by atoms with E-state index in [1.165, 1.54) is 18.2 Å². The molecule has 7 nitrogen and oxygen atoms in total. The quantitative estimate of drug-likeness (QED) is 0.487. The fraction of sp³-hybridized carbons (Fsp3) is 0.0455. The number of carbonyl (C=O) groups excluding carboxylic acids is 2. The average molecular weight is 423 g/mol. The average Bonchev–Trinajstić information content (AvgIpc) is 3.30. The van der Waals surface area contributed by atoms with Crippen LogP contribution in [0.2, 0.25) is 5.02 Å². The minimum absolute atomic E-state index is 0.0908. The number of hydrazine groups is 1. The Morgan fingerprint density at radius 3 is 2.67 bits per heavy atom. The lowest BCUT2D eigenvalue weighted by molar-refractivity contribution is -0.117. The number of anilines is 1. The van der Waals surface area contributed by atoms with Crippen LogP contribution in [0.5, 0.6) is 0 Å². The molecule has 1 aromatic heterocycles. The Kier molecular flexibility index (Phi) is 4.89. The molecule has 0 bridgehead atoms. The van der Waals surface area contributed by atoms with E-state index in [-0.39, 0.29) is 16.9 Å². The fourth-order valence-electron chi connectivity index (χ4n) is 2.99. The number of hydrogen-bond donors (Lipinski definition) is 2. The van der Waals surface area contributed by atoms with Gasteiger partial charge in [-0.3, -0.25) is 15.0 Å². The topological polar surface area (TPSA) is 99.8 Å². The number of benzene rings is 2. The minimum Gasteiger partial charge on any atom is -0.478 e. The first-order valence-electron chi connectivity index (χ1n) is 8.90. The predicted molar refractivity (Wildman–Crippen MR) is 111 cm³/mol. The number of rotatable bonds is 4. The standard InChI is InChI=1S/C22H15ClN2O5/c1-12-5-6-15(10-18(12)23)25-21(27)17(20(26)24-25)11-16-7-8-19(30-16)13-3-2-4-14(9-13)22(28)29/h2-11H,1H3,(H,24,26)(H,28,29)/b17-11+. The van der Waals surface area contributed by atoms with Crippen molar-refractivity contribution in [2.75, 3.05) is 5.01 Å². The maximum Gasteiger partial charge on any atom is 0.335 e. The molecule has 0 unspecified atom stereocenters. The van der Waals surface area contributed by atoms with E-state index in [1.54, 1.807) is 42.5 Å². The normalized spacial score (nSPS) is 15.0. The number of amides is 2. The van der Waals surface area contributed by atoms with Crippen molar-refractivity contribution in [2.45, 2.75) is 6.92 Å². The third kappa shape index (κ3) is 3.58. The Hall–Kier alpha value is -3.84. The van der Waals surface area contributed by atoms with Crippen molar-refractivity contribution in [1.29, 1.82) is 0 Å². The van der Waals surface area contributed by atoms with Crippen molar-refractivity contribution in [3.63, 3.8) is 0 Å². The van der Waals surface area contributed by atoms with Gasteiger partial charge in [-0.05, 0) is 55.0 Å². The highest BCUT2D eigenvalue weighted by Crippen LogP contribution is 2.28. The minimum atomic E-state index is -1.05. The van der Waals surface area contributed by atoms with Crippen LogP contribution in [0, 0.1) is 6.92 Å². The van der Waals surface area contributed by atoms with Gasteiger partial charge in [0.05, 0.1) is 11.3 Å². The van der Waals surface area contributed by atoms with Gasteiger partial charge in [0, 0.05) is 10.6 Å². The van der Waals surface area contributed by atoms with Gasteiger partial charge < -0.3 is 9.52 Å². The number of carboxylic acids is 1. The van der Waals surface area contributed by atoms with Gasteiger partial charge in [-0.15, -0.1) is 0 Å². The van der Waals surface area contributed by atoms with Gasteiger partial charge in [0.1, 0.15) is 17.1 Å². The van der Waals surface area contributed by atoms with Crippen LogP contribution >= 0.6 is 11.6 Å². The molecule has 1 saturated heterocycles. The summed E-state index contributed by atoms with van der Waals surface area (Å²) in [5, 5.41) is 10.7. The smallest absolute Gasteiger partial charge is 0.335 e. The highest BCUT2D eigenvalue weighted by Gasteiger charge is 2.35. The maximum absolute atomic E-state index is 12.7. The second kappa shape index (κ2) is 7.53. The summed E-state index contributed by atoms with van der Waals surface area (Å²) in [4.78, 5) is 36.2. The molecule has 2 amide bonds. The highest BCUT2D eigenvalue weighted by molar-refractivity contribution is 6.33. The molecule has 0 radical (unpaired) electrons. The number of aryl methyl sites for hydroxylation is 1. The summed E-state index contributed by atoms with van der Waals surface area (Å²) in [6.07, 6.45) is 1.35. The van der Waals surface area contributed by atoms with Crippen LogP contribution < -0.4 is 10.4 Å². The maximum atomic E-state index is 12.7. The largest absolute Gasteiger partial charge is 0.478 e. The fourth-order valence-corrected chi connectivity index (χ4v) is 3.17. The van der Waals surface area contributed by atoms with Gasteiger partial charge in [-0.1, -0.05) is 29.8 Å². The summed E-state index contributed by atoms with van der Waals surface area (Å²) in [6.45, 7) is 1.84. The Morgan fingerprint density at radius 2 is 1.93 bits per heavy atom. The molecule has 1 aliphatic heterocycles. The second-order valence-corrected chi connectivity index (χ2v) is 7.07. The van der Waals surface area contributed by atoms with Gasteiger partial charge in [-0.25, -0.2) is 9.80 Å². The molecule has 3 aromatic rings. The van der Waals surface area contributed by atoms with Gasteiger partial charge in [0.25, 0.3) is 11.8 Å². The lowest BCUT2D eigenvalue weighted by Crippen LogP contribution is -2.35. The molecular weight excluding hydrogens is 408 g/mol. The molecule has 1 fully saturated rings. The first-order chi connectivity index (χ1) is 14.3. The molecular formula is C22H15ClN2O5. The predicted octanol–water partition coefficient (Wildman–Crippen LogP) is 4.07. The van der Waals surface area contributed by atoms with Crippen LogP contribution in [0.15, 0.2) is 64.6 Å². The van der Waals surface area contributed by atoms with E-state index in [9.17, 15) is 14.4 Å². The number of hydrogen-bond acceptors (Lipinski definition) is 4. The van der Waals surface area contributed by atoms with Gasteiger partial charge >= 0.3 is 5.97 Å². The molecule has 4 rings (SSSR count). The van der Waals surface area contributed by atoms with Crippen molar-refractivity contribution in [2.24, 2.45) is 0 Å². The van der Waals surface area contributed by atoms with E-state index in [1.807, 2.05) is 6.92 Å². The third-order valence-electron chi connectivity index (χ3n) is 4.61. The number of furan rings is 1. The third-order valence-corrected chi connectivity index (χ3v) is 5.02. The number of carboxylic acid groups (broad SMARTS) is 1. The van der Waals surface area contributed by atoms with Crippen LogP contribution in [0.3, 0.4) is 0 Å². The number of nitrogens with zero attached hydrogens (tertiary/aromatic N) is 1. The van der Waals surface area contributed by atoms with Crippen molar-refractivity contribution in [1.82, 2.24) is 5.43 Å². The molecule has 150 valence electrons. The van der Waals surface area contributed by atoms with Crippen molar-refractivity contribution in [3.05, 3.63) is 82.1 Å². The first kappa shape index (κ1) is 19.5. The van der Waals surface area contributed by atoms with Gasteiger partial charge in [0.15, 0.2) is 0 Å². The molecule has 0 saturated carbocycles. The van der Waals surface area contributed by atoms with Crippen LogP contribution in [0.25, 0.3) is 17.4 Å². The van der Waals surface area contributed by atoms with Gasteiger partial charge in [-0.2, -0.15) is 0 Å². The summed E-state index contributed by atoms with van der Waals surface area (Å²) in [7, 11) is 0. The first-order valence-corrected chi connectivity index (χ1v) is 9.28. The lowest BCUT2D eigenvalue weighted by Gasteiger charge is -2.15. The number of aromatic carboxylic acids is 1. The van der Waals surface area contributed by atoms with E-state index in [0.717, 1.165) is 10.6 Å². The monoisotopic (exact) mass is 422 g/mol. The van der Waals surface area contributed by atoms with Crippen LogP contribution in [0.4, 0.5) is 5.69 Å². The van der Waals surface area contributed by atoms with E-state index >= 15 is 0 Å². The highest BCUT2D eigenvalue weighted by atomic mass is 35.5. The van der Waals surface area contributed by atoms with E-state index in [4.69, 9.17) is 21.1 Å². The SMILES string of the molecule is Cc1ccc(N2NC(=O)/C(=C\c3ccc(-c4cccc(C(=O)O)c4)o3)C2=O)cc1Cl. The van der Waals surface area contributed by atoms with Crippen LogP contribution in [-0.2, 0) is 9.59 Å². The molecule has 2 N–H and O–H groups in total. The molecule has 0 spiro atoms. The molecule has 2 heterocycles. The van der Waals surface area contributed by atoms with E-state index < -0.39 is 17.8 Å². The molecule has 8 heteroatoms. The lowest BCUT2D eigenvalue weighted by atomic mass is 10.1. The Bertz CT molecular complexity index is 1230. The molecule has 1 aliphatic rings. The summed E-state index contributed by atoms with van der Waals surface area (Å²) in [5.41, 5.74) is 4.40. The molecule has 30 heavy (non-hydrogen) atoms. The van der Waals surface area contributed by atoms with E-state index in [2.05, 4.69) is 5.43 Å². The second-order valence-electron chi connectivity index (χ2n) is 6.66. The molecule has 0 aliphatic carbocycles. The number of carbonyl (C=O) groups is 3. The Morgan fingerprint density at radius 1 is 1.13 bits per heavy atom. The summed E-state index contributed by atoms with van der Waals surface area (Å²) in [6, 6.07) is 14.5. The summed E-state index contributed by atoms with van der Waals surface area (Å²) < 4.78 is 5.70. The zero-order valence-corrected chi connectivity index (χ0v) is 16.4. The number of halogens is 1. The Labute approximate surface area is 176 Å². The zero-order valence-electron chi connectivity index (χ0n) is 15.7. The van der Waals surface area contributed by atoms with Gasteiger partial charge in [0.2, 0.25) is 0 Å².